The highest BCUT2D eigenvalue weighted by Crippen LogP contribution is 2.33. The Morgan fingerprint density at radius 2 is 1.96 bits per heavy atom. The van der Waals surface area contributed by atoms with Gasteiger partial charge in [-0.3, -0.25) is 9.78 Å². The van der Waals surface area contributed by atoms with Gasteiger partial charge in [-0.05, 0) is 30.2 Å². The molecule has 0 bridgehead atoms. The summed E-state index contributed by atoms with van der Waals surface area (Å²) in [6.07, 6.45) is 2.49. The Kier molecular flexibility index (Phi) is 3.87. The molecule has 4 heteroatoms. The fourth-order valence-corrected chi connectivity index (χ4v) is 3.23. The smallest absolute Gasteiger partial charge is 0.228 e. The number of carbonyl (C=O) groups excluding carboxylic acids is 1. The third-order valence-electron chi connectivity index (χ3n) is 4.47. The second-order valence-electron chi connectivity index (χ2n) is 5.93. The van der Waals surface area contributed by atoms with Crippen molar-refractivity contribution in [2.45, 2.75) is 18.9 Å². The van der Waals surface area contributed by atoms with Crippen LogP contribution in [0.2, 0.25) is 0 Å². The molecule has 0 radical (unpaired) electrons. The van der Waals surface area contributed by atoms with E-state index >= 15 is 0 Å². The standard InChI is InChI=1S/C20H18N2O2/c23-20(17-10-12-24-19-8-4-2-6-16(17)19)22-13-14-9-11-21-18-7-3-1-5-15(14)18/h1-9,11,17H,10,12-13H2,(H,22,23). The van der Waals surface area contributed by atoms with Crippen LogP contribution in [0.25, 0.3) is 10.9 Å². The van der Waals surface area contributed by atoms with E-state index in [0.717, 1.165) is 27.8 Å². The van der Waals surface area contributed by atoms with Gasteiger partial charge in [0.2, 0.25) is 5.91 Å². The summed E-state index contributed by atoms with van der Waals surface area (Å²) in [5.74, 6) is 0.716. The monoisotopic (exact) mass is 318 g/mol. The molecule has 2 heterocycles. The molecule has 24 heavy (non-hydrogen) atoms. The number of amides is 1. The normalized spacial score (nSPS) is 16.2. The maximum atomic E-state index is 12.7. The number of nitrogens with one attached hydrogen (secondary N) is 1. The van der Waals surface area contributed by atoms with Gasteiger partial charge in [-0.25, -0.2) is 0 Å². The van der Waals surface area contributed by atoms with Crippen LogP contribution < -0.4 is 10.1 Å². The molecule has 1 amide bonds. The average Bonchev–Trinajstić information content (AvgIpc) is 2.65. The number of rotatable bonds is 3. The van der Waals surface area contributed by atoms with Crippen LogP contribution in [0.4, 0.5) is 0 Å². The molecule has 1 aliphatic heterocycles. The minimum atomic E-state index is -0.150. The van der Waals surface area contributed by atoms with Crippen LogP contribution >= 0.6 is 0 Å². The quantitative estimate of drug-likeness (QED) is 0.805. The first-order valence-electron chi connectivity index (χ1n) is 8.15. The predicted molar refractivity (Wildman–Crippen MR) is 92.9 cm³/mol. The van der Waals surface area contributed by atoms with Crippen LogP contribution in [0.3, 0.4) is 0 Å². The summed E-state index contributed by atoms with van der Waals surface area (Å²) < 4.78 is 5.64. The van der Waals surface area contributed by atoms with E-state index in [1.54, 1.807) is 6.20 Å². The second kappa shape index (κ2) is 6.32. The Bertz CT molecular complexity index is 886. The minimum Gasteiger partial charge on any atom is -0.493 e. The average molecular weight is 318 g/mol. The van der Waals surface area contributed by atoms with Crippen LogP contribution in [0, 0.1) is 0 Å². The number of nitrogens with zero attached hydrogens (tertiary/aromatic N) is 1. The molecule has 3 aromatic rings. The van der Waals surface area contributed by atoms with Crippen molar-refractivity contribution < 1.29 is 9.53 Å². The molecule has 0 fully saturated rings. The Balaban J connectivity index is 1.53. The van der Waals surface area contributed by atoms with Crippen LogP contribution in [0.1, 0.15) is 23.5 Å². The lowest BCUT2D eigenvalue weighted by molar-refractivity contribution is -0.123. The van der Waals surface area contributed by atoms with Crippen LogP contribution in [-0.2, 0) is 11.3 Å². The Morgan fingerprint density at radius 1 is 1.12 bits per heavy atom. The molecule has 1 aliphatic rings. The third-order valence-corrected chi connectivity index (χ3v) is 4.47. The summed E-state index contributed by atoms with van der Waals surface area (Å²) in [6, 6.07) is 17.7. The summed E-state index contributed by atoms with van der Waals surface area (Å²) in [4.78, 5) is 17.0. The SMILES string of the molecule is O=C(NCc1ccnc2ccccc12)C1CCOc2ccccc21. The molecule has 4 nitrogen and oxygen atoms in total. The molecule has 0 saturated heterocycles. The predicted octanol–water partition coefficient (Wildman–Crippen LogP) is 3.42. The van der Waals surface area contributed by atoms with Crippen molar-refractivity contribution in [3.63, 3.8) is 0 Å². The second-order valence-corrected chi connectivity index (χ2v) is 5.93. The van der Waals surface area contributed by atoms with Gasteiger partial charge in [0.1, 0.15) is 5.75 Å². The molecule has 1 atom stereocenters. The summed E-state index contributed by atoms with van der Waals surface area (Å²) >= 11 is 0. The largest absolute Gasteiger partial charge is 0.493 e. The lowest BCUT2D eigenvalue weighted by Gasteiger charge is -2.25. The van der Waals surface area contributed by atoms with Gasteiger partial charge < -0.3 is 10.1 Å². The summed E-state index contributed by atoms with van der Waals surface area (Å²) in [6.45, 7) is 1.08. The van der Waals surface area contributed by atoms with Gasteiger partial charge in [-0.1, -0.05) is 36.4 Å². The van der Waals surface area contributed by atoms with Crippen LogP contribution in [0.5, 0.6) is 5.75 Å². The van der Waals surface area contributed by atoms with E-state index in [2.05, 4.69) is 10.3 Å². The third kappa shape index (κ3) is 2.71. The zero-order valence-corrected chi connectivity index (χ0v) is 13.2. The van der Waals surface area contributed by atoms with E-state index < -0.39 is 0 Å². The molecule has 2 aromatic carbocycles. The number of pyridine rings is 1. The first kappa shape index (κ1) is 14.7. The number of benzene rings is 2. The van der Waals surface area contributed by atoms with Crippen LogP contribution in [-0.4, -0.2) is 17.5 Å². The molecule has 1 aromatic heterocycles. The zero-order valence-electron chi connectivity index (χ0n) is 13.2. The number of ether oxygens (including phenoxy) is 1. The first-order valence-corrected chi connectivity index (χ1v) is 8.15. The van der Waals surface area contributed by atoms with Gasteiger partial charge in [0, 0.05) is 23.7 Å². The van der Waals surface area contributed by atoms with Crippen molar-refractivity contribution in [1.29, 1.82) is 0 Å². The Morgan fingerprint density at radius 3 is 2.92 bits per heavy atom. The van der Waals surface area contributed by atoms with E-state index in [0.29, 0.717) is 19.6 Å². The Labute approximate surface area is 140 Å². The number of hydrogen-bond acceptors (Lipinski definition) is 3. The summed E-state index contributed by atoms with van der Waals surface area (Å²) in [7, 11) is 0. The first-order chi connectivity index (χ1) is 11.8. The van der Waals surface area contributed by atoms with Crippen molar-refractivity contribution in [3.8, 4) is 5.75 Å². The highest BCUT2D eigenvalue weighted by Gasteiger charge is 2.27. The molecule has 0 saturated carbocycles. The number of para-hydroxylation sites is 2. The lowest BCUT2D eigenvalue weighted by Crippen LogP contribution is -2.32. The lowest BCUT2D eigenvalue weighted by atomic mass is 9.92. The number of hydrogen-bond donors (Lipinski definition) is 1. The topological polar surface area (TPSA) is 51.2 Å². The number of carbonyl (C=O) groups is 1. The fourth-order valence-electron chi connectivity index (χ4n) is 3.23. The Hall–Kier alpha value is -2.88. The molecule has 0 aliphatic carbocycles. The highest BCUT2D eigenvalue weighted by atomic mass is 16.5. The van der Waals surface area contributed by atoms with Crippen molar-refractivity contribution in [2.24, 2.45) is 0 Å². The summed E-state index contributed by atoms with van der Waals surface area (Å²) in [5, 5.41) is 4.16. The van der Waals surface area contributed by atoms with Gasteiger partial charge in [0.05, 0.1) is 18.0 Å². The van der Waals surface area contributed by atoms with Gasteiger partial charge in [0.15, 0.2) is 0 Å². The van der Waals surface area contributed by atoms with Crippen LogP contribution in [0.15, 0.2) is 60.8 Å². The van der Waals surface area contributed by atoms with E-state index in [4.69, 9.17) is 4.74 Å². The van der Waals surface area contributed by atoms with E-state index in [9.17, 15) is 4.79 Å². The van der Waals surface area contributed by atoms with Crippen molar-refractivity contribution in [1.82, 2.24) is 10.3 Å². The van der Waals surface area contributed by atoms with Gasteiger partial charge in [-0.2, -0.15) is 0 Å². The van der Waals surface area contributed by atoms with Crippen molar-refractivity contribution >= 4 is 16.8 Å². The molecular weight excluding hydrogens is 300 g/mol. The molecule has 120 valence electrons. The maximum absolute atomic E-state index is 12.7. The van der Waals surface area contributed by atoms with E-state index in [1.165, 1.54) is 0 Å². The van der Waals surface area contributed by atoms with Gasteiger partial charge in [-0.15, -0.1) is 0 Å². The molecule has 1 unspecified atom stereocenters. The number of fused-ring (bicyclic) bond motifs is 2. The molecule has 1 N–H and O–H groups in total. The fraction of sp³-hybridized carbons (Fsp3) is 0.200. The van der Waals surface area contributed by atoms with Gasteiger partial charge >= 0.3 is 0 Å². The minimum absolute atomic E-state index is 0.0478. The molecule has 0 spiro atoms. The zero-order chi connectivity index (χ0) is 16.4. The van der Waals surface area contributed by atoms with Crippen molar-refractivity contribution in [2.75, 3.05) is 6.61 Å². The molecule has 4 rings (SSSR count). The van der Waals surface area contributed by atoms with Gasteiger partial charge in [0.25, 0.3) is 0 Å². The summed E-state index contributed by atoms with van der Waals surface area (Å²) in [5.41, 5.74) is 3.00. The van der Waals surface area contributed by atoms with E-state index in [-0.39, 0.29) is 11.8 Å². The maximum Gasteiger partial charge on any atom is 0.228 e. The van der Waals surface area contributed by atoms with Crippen molar-refractivity contribution in [3.05, 3.63) is 71.9 Å². The highest BCUT2D eigenvalue weighted by molar-refractivity contribution is 5.86. The number of aromatic nitrogens is 1. The molecular formula is C20H18N2O2. The van der Waals surface area contributed by atoms with E-state index in [1.807, 2.05) is 54.6 Å².